The zero-order chi connectivity index (χ0) is 13.9. The molecule has 0 spiro atoms. The van der Waals surface area contributed by atoms with E-state index in [1.165, 1.54) is 11.1 Å². The van der Waals surface area contributed by atoms with E-state index >= 15 is 0 Å². The minimum absolute atomic E-state index is 0.464. The topological polar surface area (TPSA) is 39.1 Å². The summed E-state index contributed by atoms with van der Waals surface area (Å²) in [4.78, 5) is 4.35. The Morgan fingerprint density at radius 2 is 2.35 bits per heavy atom. The molecule has 0 bridgehead atoms. The van der Waals surface area contributed by atoms with Crippen LogP contribution in [0.5, 0.6) is 5.75 Å². The summed E-state index contributed by atoms with van der Waals surface area (Å²) in [5.41, 5.74) is 2.73. The molecule has 1 aromatic heterocycles. The summed E-state index contributed by atoms with van der Waals surface area (Å²) in [5.74, 6) is 1.99. The van der Waals surface area contributed by atoms with Gasteiger partial charge in [0.2, 0.25) is 0 Å². The highest BCUT2D eigenvalue weighted by Gasteiger charge is 2.23. The number of ether oxygens (including phenoxy) is 1. The van der Waals surface area contributed by atoms with Crippen molar-refractivity contribution in [3.63, 3.8) is 0 Å². The largest absolute Gasteiger partial charge is 0.485 e. The first kappa shape index (κ1) is 13.2. The Labute approximate surface area is 119 Å². The third-order valence-electron chi connectivity index (χ3n) is 4.08. The third-order valence-corrected chi connectivity index (χ3v) is 4.08. The van der Waals surface area contributed by atoms with Crippen molar-refractivity contribution in [3.8, 4) is 5.75 Å². The number of nitrogens with zero attached hydrogens (tertiary/aromatic N) is 2. The Bertz CT molecular complexity index is 591. The maximum absolute atomic E-state index is 6.02. The van der Waals surface area contributed by atoms with Crippen molar-refractivity contribution < 1.29 is 4.74 Å². The van der Waals surface area contributed by atoms with Gasteiger partial charge in [0, 0.05) is 25.0 Å². The van der Waals surface area contributed by atoms with Crippen LogP contribution in [0.15, 0.2) is 30.6 Å². The molecule has 1 aromatic carbocycles. The van der Waals surface area contributed by atoms with Crippen LogP contribution >= 0.6 is 0 Å². The molecule has 0 amide bonds. The summed E-state index contributed by atoms with van der Waals surface area (Å²) in [5, 5.41) is 3.36. The fourth-order valence-corrected chi connectivity index (χ4v) is 2.97. The van der Waals surface area contributed by atoms with Crippen molar-refractivity contribution in [3.05, 3.63) is 47.5 Å². The van der Waals surface area contributed by atoms with Crippen LogP contribution in [0.3, 0.4) is 0 Å². The van der Waals surface area contributed by atoms with Crippen LogP contribution in [0, 0.1) is 0 Å². The quantitative estimate of drug-likeness (QED) is 0.908. The van der Waals surface area contributed by atoms with Crippen LogP contribution in [-0.2, 0) is 19.6 Å². The Kier molecular flexibility index (Phi) is 3.74. The van der Waals surface area contributed by atoms with Gasteiger partial charge in [0.1, 0.15) is 18.2 Å². The second-order valence-electron chi connectivity index (χ2n) is 5.12. The van der Waals surface area contributed by atoms with Crippen LogP contribution in [-0.4, -0.2) is 16.6 Å². The van der Waals surface area contributed by atoms with Crippen LogP contribution < -0.4 is 10.1 Å². The lowest BCUT2D eigenvalue weighted by Crippen LogP contribution is -2.12. The normalized spacial score (nSPS) is 17.2. The number of nitrogens with one attached hydrogen (secondary N) is 1. The lowest BCUT2D eigenvalue weighted by atomic mass is 10.1. The van der Waals surface area contributed by atoms with Gasteiger partial charge in [-0.15, -0.1) is 0 Å². The molecule has 1 N–H and O–H groups in total. The minimum Gasteiger partial charge on any atom is -0.485 e. The van der Waals surface area contributed by atoms with Crippen molar-refractivity contribution in [2.24, 2.45) is 0 Å². The number of rotatable bonds is 5. The molecule has 1 aliphatic rings. The molecule has 1 aliphatic carbocycles. The van der Waals surface area contributed by atoms with Crippen molar-refractivity contribution in [2.45, 2.75) is 39.0 Å². The molecule has 1 atom stereocenters. The molecule has 1 unspecified atom stereocenters. The third kappa shape index (κ3) is 2.31. The highest BCUT2D eigenvalue weighted by Crippen LogP contribution is 2.36. The second kappa shape index (κ2) is 5.67. The molecule has 0 aliphatic heterocycles. The van der Waals surface area contributed by atoms with Gasteiger partial charge in [-0.1, -0.05) is 12.1 Å². The second-order valence-corrected chi connectivity index (χ2v) is 5.12. The Morgan fingerprint density at radius 1 is 1.45 bits per heavy atom. The van der Waals surface area contributed by atoms with Gasteiger partial charge in [0.25, 0.3) is 0 Å². The van der Waals surface area contributed by atoms with E-state index in [0.717, 1.165) is 31.0 Å². The monoisotopic (exact) mass is 271 g/mol. The minimum atomic E-state index is 0.464. The molecule has 2 aromatic rings. The molecule has 0 fully saturated rings. The number of benzene rings is 1. The number of fused-ring (bicyclic) bond motifs is 1. The van der Waals surface area contributed by atoms with Crippen LogP contribution in [0.4, 0.5) is 0 Å². The van der Waals surface area contributed by atoms with Gasteiger partial charge in [-0.25, -0.2) is 4.98 Å². The predicted octanol–water partition coefficient (Wildman–Crippen LogP) is 2.69. The van der Waals surface area contributed by atoms with Crippen molar-refractivity contribution >= 4 is 0 Å². The van der Waals surface area contributed by atoms with Gasteiger partial charge >= 0.3 is 0 Å². The fourth-order valence-electron chi connectivity index (χ4n) is 2.97. The number of aromatic nitrogens is 2. The molecular weight excluding hydrogens is 250 g/mol. The first-order valence-corrected chi connectivity index (χ1v) is 7.25. The zero-order valence-electron chi connectivity index (χ0n) is 12.1. The van der Waals surface area contributed by atoms with Crippen LogP contribution in [0.2, 0.25) is 0 Å². The first-order chi connectivity index (χ1) is 9.83. The van der Waals surface area contributed by atoms with Gasteiger partial charge in [0.15, 0.2) is 0 Å². The van der Waals surface area contributed by atoms with E-state index in [1.807, 2.05) is 19.4 Å². The summed E-state index contributed by atoms with van der Waals surface area (Å²) in [6.45, 7) is 3.57. The molecule has 1 heterocycles. The van der Waals surface area contributed by atoms with Crippen molar-refractivity contribution in [2.75, 3.05) is 7.05 Å². The number of imidazole rings is 1. The van der Waals surface area contributed by atoms with E-state index in [9.17, 15) is 0 Å². The smallest absolute Gasteiger partial charge is 0.146 e. The summed E-state index contributed by atoms with van der Waals surface area (Å²) in [6, 6.07) is 6.81. The lowest BCUT2D eigenvalue weighted by Gasteiger charge is -2.13. The van der Waals surface area contributed by atoms with E-state index in [-0.39, 0.29) is 0 Å². The molecule has 20 heavy (non-hydrogen) atoms. The van der Waals surface area contributed by atoms with Gasteiger partial charge in [-0.3, -0.25) is 0 Å². The SMILES string of the molecule is CCn1ccnc1COc1cccc2c1CCC2NC. The maximum Gasteiger partial charge on any atom is 0.146 e. The molecule has 0 saturated carbocycles. The Hall–Kier alpha value is -1.81. The van der Waals surface area contributed by atoms with E-state index < -0.39 is 0 Å². The van der Waals surface area contributed by atoms with E-state index in [4.69, 9.17) is 4.74 Å². The zero-order valence-corrected chi connectivity index (χ0v) is 12.1. The van der Waals surface area contributed by atoms with E-state index in [2.05, 4.69) is 40.0 Å². The fraction of sp³-hybridized carbons (Fsp3) is 0.438. The van der Waals surface area contributed by atoms with Gasteiger partial charge in [-0.05, 0) is 44.0 Å². The predicted molar refractivity (Wildman–Crippen MR) is 78.8 cm³/mol. The average Bonchev–Trinajstić information content (AvgIpc) is 3.11. The number of hydrogen-bond donors (Lipinski definition) is 1. The summed E-state index contributed by atoms with van der Waals surface area (Å²) in [6.07, 6.45) is 6.05. The number of hydrogen-bond acceptors (Lipinski definition) is 3. The molecule has 0 radical (unpaired) electrons. The highest BCUT2D eigenvalue weighted by atomic mass is 16.5. The van der Waals surface area contributed by atoms with E-state index in [0.29, 0.717) is 12.6 Å². The van der Waals surface area contributed by atoms with E-state index in [1.54, 1.807) is 0 Å². The summed E-state index contributed by atoms with van der Waals surface area (Å²) in [7, 11) is 2.02. The Balaban J connectivity index is 1.78. The molecular formula is C16H21N3O. The molecule has 4 nitrogen and oxygen atoms in total. The van der Waals surface area contributed by atoms with Crippen molar-refractivity contribution in [1.29, 1.82) is 0 Å². The van der Waals surface area contributed by atoms with Crippen LogP contribution in [0.1, 0.15) is 36.3 Å². The summed E-state index contributed by atoms with van der Waals surface area (Å²) >= 11 is 0. The molecule has 4 heteroatoms. The maximum atomic E-state index is 6.02. The number of aryl methyl sites for hydroxylation is 1. The van der Waals surface area contributed by atoms with Gasteiger partial charge in [-0.2, -0.15) is 0 Å². The van der Waals surface area contributed by atoms with Gasteiger partial charge < -0.3 is 14.6 Å². The van der Waals surface area contributed by atoms with Crippen LogP contribution in [0.25, 0.3) is 0 Å². The van der Waals surface area contributed by atoms with Gasteiger partial charge in [0.05, 0.1) is 0 Å². The molecule has 106 valence electrons. The molecule has 0 saturated heterocycles. The van der Waals surface area contributed by atoms with Crippen molar-refractivity contribution in [1.82, 2.24) is 14.9 Å². The average molecular weight is 271 g/mol. The summed E-state index contributed by atoms with van der Waals surface area (Å²) < 4.78 is 8.13. The first-order valence-electron chi connectivity index (χ1n) is 7.25. The standard InChI is InChI=1S/C16H21N3O/c1-3-19-10-9-18-16(19)11-20-15-6-4-5-12-13(15)7-8-14(12)17-2/h4-6,9-10,14,17H,3,7-8,11H2,1-2H3. The highest BCUT2D eigenvalue weighted by molar-refractivity contribution is 5.45. The molecule has 3 rings (SSSR count). The Morgan fingerprint density at radius 3 is 3.15 bits per heavy atom. The lowest BCUT2D eigenvalue weighted by molar-refractivity contribution is 0.287.